The molecular weight excluding hydrogens is 334 g/mol. The zero-order valence-electron chi connectivity index (χ0n) is 13.3. The summed E-state index contributed by atoms with van der Waals surface area (Å²) < 4.78 is 5.48. The molecule has 0 unspecified atom stereocenters. The smallest absolute Gasteiger partial charge is 0.191 e. The van der Waals surface area contributed by atoms with Gasteiger partial charge in [-0.15, -0.1) is 11.3 Å². The van der Waals surface area contributed by atoms with Crippen molar-refractivity contribution in [3.05, 3.63) is 66.1 Å². The van der Waals surface area contributed by atoms with Crippen molar-refractivity contribution in [1.82, 2.24) is 19.9 Å². The Kier molecular flexibility index (Phi) is 4.47. The average Bonchev–Trinajstić information content (AvgIpc) is 3.36. The van der Waals surface area contributed by atoms with E-state index < -0.39 is 0 Å². The first kappa shape index (κ1) is 15.5. The van der Waals surface area contributed by atoms with Gasteiger partial charge in [-0.3, -0.25) is 4.98 Å². The molecule has 0 atom stereocenters. The summed E-state index contributed by atoms with van der Waals surface area (Å²) >= 11 is 1.51. The summed E-state index contributed by atoms with van der Waals surface area (Å²) in [6.07, 6.45) is 7.89. The van der Waals surface area contributed by atoms with E-state index in [-0.39, 0.29) is 0 Å². The van der Waals surface area contributed by atoms with E-state index in [1.165, 1.54) is 16.9 Å². The number of nitrogens with one attached hydrogen (secondary N) is 1. The molecule has 0 saturated heterocycles. The summed E-state index contributed by atoms with van der Waals surface area (Å²) in [4.78, 5) is 17.6. The second kappa shape index (κ2) is 7.23. The number of pyridine rings is 1. The first-order valence-corrected chi connectivity index (χ1v) is 8.72. The normalized spacial score (nSPS) is 10.7. The van der Waals surface area contributed by atoms with Gasteiger partial charge in [0.05, 0.1) is 6.26 Å². The van der Waals surface area contributed by atoms with Crippen LogP contribution in [0.25, 0.3) is 22.3 Å². The molecule has 0 spiro atoms. The zero-order valence-corrected chi connectivity index (χ0v) is 14.1. The van der Waals surface area contributed by atoms with Gasteiger partial charge in [0.15, 0.2) is 16.6 Å². The van der Waals surface area contributed by atoms with Crippen LogP contribution in [0, 0.1) is 0 Å². The third kappa shape index (κ3) is 3.72. The topological polar surface area (TPSA) is 76.7 Å². The van der Waals surface area contributed by atoms with E-state index >= 15 is 0 Å². The lowest BCUT2D eigenvalue weighted by molar-refractivity contribution is 0.580. The maximum Gasteiger partial charge on any atom is 0.191 e. The highest BCUT2D eigenvalue weighted by molar-refractivity contribution is 7.13. The first-order chi connectivity index (χ1) is 12.4. The Morgan fingerprint density at radius 3 is 2.88 bits per heavy atom. The van der Waals surface area contributed by atoms with E-state index in [9.17, 15) is 0 Å². The van der Waals surface area contributed by atoms with Crippen LogP contribution in [0.1, 0.15) is 5.56 Å². The fraction of sp³-hybridized carbons (Fsp3) is 0.111. The van der Waals surface area contributed by atoms with Gasteiger partial charge in [-0.1, -0.05) is 6.07 Å². The zero-order chi connectivity index (χ0) is 16.9. The minimum atomic E-state index is 0.591. The van der Waals surface area contributed by atoms with E-state index in [4.69, 9.17) is 4.42 Å². The Hall–Kier alpha value is -3.06. The second-order valence-corrected chi connectivity index (χ2v) is 6.21. The number of furan rings is 1. The second-order valence-electron chi connectivity index (χ2n) is 5.31. The number of thiazole rings is 1. The summed E-state index contributed by atoms with van der Waals surface area (Å²) in [7, 11) is 0. The lowest BCUT2D eigenvalue weighted by Crippen LogP contribution is -2.08. The maximum absolute atomic E-state index is 5.48. The summed E-state index contributed by atoms with van der Waals surface area (Å²) in [5.41, 5.74) is 1.91. The molecule has 1 N–H and O–H groups in total. The highest BCUT2D eigenvalue weighted by atomic mass is 32.1. The molecule has 25 heavy (non-hydrogen) atoms. The van der Waals surface area contributed by atoms with E-state index in [1.54, 1.807) is 18.7 Å². The molecule has 0 aliphatic carbocycles. The fourth-order valence-electron chi connectivity index (χ4n) is 2.40. The van der Waals surface area contributed by atoms with Gasteiger partial charge in [-0.2, -0.15) is 0 Å². The predicted octanol–water partition coefficient (Wildman–Crippen LogP) is 3.91. The third-order valence-corrected chi connectivity index (χ3v) is 4.34. The molecule has 7 heteroatoms. The molecule has 0 aromatic carbocycles. The van der Waals surface area contributed by atoms with Crippen LogP contribution < -0.4 is 5.32 Å². The van der Waals surface area contributed by atoms with Crippen LogP contribution in [0.15, 0.2) is 65.0 Å². The lowest BCUT2D eigenvalue weighted by Gasteiger charge is -2.08. The van der Waals surface area contributed by atoms with E-state index in [1.807, 2.05) is 35.8 Å². The summed E-state index contributed by atoms with van der Waals surface area (Å²) in [5, 5.41) is 6.05. The quantitative estimate of drug-likeness (QED) is 0.569. The van der Waals surface area contributed by atoms with Crippen LogP contribution >= 0.6 is 11.3 Å². The van der Waals surface area contributed by atoms with Gasteiger partial charge in [0.25, 0.3) is 0 Å². The highest BCUT2D eigenvalue weighted by Gasteiger charge is 2.12. The Labute approximate surface area is 148 Å². The molecule has 4 heterocycles. The molecule has 4 rings (SSSR count). The van der Waals surface area contributed by atoms with Crippen molar-refractivity contribution >= 4 is 17.2 Å². The Balaban J connectivity index is 1.58. The molecule has 0 saturated carbocycles. The fourth-order valence-corrected chi connectivity index (χ4v) is 2.97. The Morgan fingerprint density at radius 2 is 2.12 bits per heavy atom. The summed E-state index contributed by atoms with van der Waals surface area (Å²) in [5.74, 6) is 2.04. The molecular formula is C18H15N5OS. The summed E-state index contributed by atoms with van der Waals surface area (Å²) in [6, 6.07) is 9.61. The minimum Gasteiger partial charge on any atom is -0.463 e. The molecule has 124 valence electrons. The summed E-state index contributed by atoms with van der Waals surface area (Å²) in [6.45, 7) is 0.748. The van der Waals surface area contributed by atoms with Crippen LogP contribution in [-0.4, -0.2) is 26.5 Å². The number of rotatable bonds is 6. The van der Waals surface area contributed by atoms with Crippen molar-refractivity contribution in [2.45, 2.75) is 6.42 Å². The SMILES string of the molecule is c1cncc(CCNc2cc(-c3ccco3)nc(-c3nccs3)n2)c1. The largest absolute Gasteiger partial charge is 0.463 e. The van der Waals surface area contributed by atoms with Crippen molar-refractivity contribution in [2.24, 2.45) is 0 Å². The number of hydrogen-bond acceptors (Lipinski definition) is 7. The van der Waals surface area contributed by atoms with Gasteiger partial charge in [0.2, 0.25) is 0 Å². The highest BCUT2D eigenvalue weighted by Crippen LogP contribution is 2.25. The van der Waals surface area contributed by atoms with Crippen molar-refractivity contribution in [3.63, 3.8) is 0 Å². The van der Waals surface area contributed by atoms with Crippen molar-refractivity contribution in [1.29, 1.82) is 0 Å². The van der Waals surface area contributed by atoms with Crippen molar-refractivity contribution < 1.29 is 4.42 Å². The van der Waals surface area contributed by atoms with Crippen molar-refractivity contribution in [2.75, 3.05) is 11.9 Å². The molecule has 0 bridgehead atoms. The van der Waals surface area contributed by atoms with E-state index in [2.05, 4.69) is 31.3 Å². The van der Waals surface area contributed by atoms with Crippen LogP contribution in [-0.2, 0) is 6.42 Å². The predicted molar refractivity (Wildman–Crippen MR) is 97.3 cm³/mol. The minimum absolute atomic E-state index is 0.591. The van der Waals surface area contributed by atoms with Gasteiger partial charge in [0.1, 0.15) is 11.5 Å². The van der Waals surface area contributed by atoms with E-state index in [0.717, 1.165) is 29.5 Å². The number of aromatic nitrogens is 4. The Morgan fingerprint density at radius 1 is 1.12 bits per heavy atom. The third-order valence-electron chi connectivity index (χ3n) is 3.57. The maximum atomic E-state index is 5.48. The van der Waals surface area contributed by atoms with Crippen molar-refractivity contribution in [3.8, 4) is 22.3 Å². The number of hydrogen-bond donors (Lipinski definition) is 1. The van der Waals surface area contributed by atoms with Crippen LogP contribution in [0.2, 0.25) is 0 Å². The van der Waals surface area contributed by atoms with Crippen LogP contribution in [0.3, 0.4) is 0 Å². The van der Waals surface area contributed by atoms with Crippen LogP contribution in [0.4, 0.5) is 5.82 Å². The van der Waals surface area contributed by atoms with Crippen LogP contribution in [0.5, 0.6) is 0 Å². The monoisotopic (exact) mass is 349 g/mol. The van der Waals surface area contributed by atoms with Gasteiger partial charge < -0.3 is 9.73 Å². The molecule has 4 aromatic heterocycles. The van der Waals surface area contributed by atoms with Gasteiger partial charge >= 0.3 is 0 Å². The molecule has 0 fully saturated rings. The number of anilines is 1. The molecule has 0 aliphatic rings. The van der Waals surface area contributed by atoms with E-state index in [0.29, 0.717) is 11.6 Å². The molecule has 6 nitrogen and oxygen atoms in total. The lowest BCUT2D eigenvalue weighted by atomic mass is 10.2. The average molecular weight is 349 g/mol. The standard InChI is InChI=1S/C18H15N5OS/c1-3-13(12-19-6-1)5-7-20-16-11-14(15-4-2-9-24-15)22-17(23-16)18-21-8-10-25-18/h1-4,6,8-12H,5,7H2,(H,20,22,23). The molecule has 4 aromatic rings. The number of nitrogens with zero attached hydrogens (tertiary/aromatic N) is 4. The molecule has 0 amide bonds. The van der Waals surface area contributed by atoms with Gasteiger partial charge in [-0.25, -0.2) is 15.0 Å². The first-order valence-electron chi connectivity index (χ1n) is 7.84. The molecule has 0 radical (unpaired) electrons. The van der Waals surface area contributed by atoms with Gasteiger partial charge in [-0.05, 0) is 30.2 Å². The Bertz CT molecular complexity index is 871. The molecule has 0 aliphatic heterocycles. The van der Waals surface area contributed by atoms with Gasteiger partial charge in [0, 0.05) is 36.6 Å².